The average Bonchev–Trinajstić information content (AvgIpc) is 2.56. The van der Waals surface area contributed by atoms with Gasteiger partial charge in [0.25, 0.3) is 0 Å². The second-order valence-electron chi connectivity index (χ2n) is 3.29. The van der Waals surface area contributed by atoms with E-state index in [4.69, 9.17) is 4.74 Å². The zero-order chi connectivity index (χ0) is 8.81. The first-order valence-electron chi connectivity index (χ1n) is 4.68. The molecule has 1 fully saturated rings. The lowest BCUT2D eigenvalue weighted by Gasteiger charge is -2.19. The molecule has 0 radical (unpaired) electrons. The molecule has 0 aromatic heterocycles. The summed E-state index contributed by atoms with van der Waals surface area (Å²) in [7, 11) is 0. The highest BCUT2D eigenvalue weighted by Gasteiger charge is 2.21. The Bertz CT molecular complexity index is 115. The Labute approximate surface area is 79.4 Å². The smallest absolute Gasteiger partial charge is 0.0726 e. The molecule has 2 unspecified atom stereocenters. The maximum Gasteiger partial charge on any atom is 0.0726 e. The van der Waals surface area contributed by atoms with Crippen molar-refractivity contribution in [2.24, 2.45) is 0 Å². The lowest BCUT2D eigenvalue weighted by molar-refractivity contribution is 0.0844. The van der Waals surface area contributed by atoms with E-state index in [0.717, 1.165) is 13.2 Å². The molecule has 0 amide bonds. The van der Waals surface area contributed by atoms with Crippen molar-refractivity contribution in [2.45, 2.75) is 31.9 Å². The number of ether oxygens (including phenoxy) is 1. The zero-order valence-electron chi connectivity index (χ0n) is 8.01. The second kappa shape index (κ2) is 5.84. The number of hydrogen-bond acceptors (Lipinski definition) is 3. The van der Waals surface area contributed by atoms with E-state index >= 15 is 0 Å². The standard InChI is InChI=1S/C9H19NOS/c1-8(10-5-7-12-2)9-4-3-6-11-9/h8-10H,3-7H2,1-2H3. The van der Waals surface area contributed by atoms with Gasteiger partial charge in [0.05, 0.1) is 6.10 Å². The van der Waals surface area contributed by atoms with Gasteiger partial charge in [-0.15, -0.1) is 0 Å². The molecule has 0 aromatic carbocycles. The number of thioether (sulfide) groups is 1. The van der Waals surface area contributed by atoms with Gasteiger partial charge in [-0.3, -0.25) is 0 Å². The summed E-state index contributed by atoms with van der Waals surface area (Å²) in [5.74, 6) is 1.19. The van der Waals surface area contributed by atoms with Crippen molar-refractivity contribution in [2.75, 3.05) is 25.2 Å². The first-order valence-corrected chi connectivity index (χ1v) is 6.08. The second-order valence-corrected chi connectivity index (χ2v) is 4.27. The van der Waals surface area contributed by atoms with Gasteiger partial charge in [0.2, 0.25) is 0 Å². The fourth-order valence-corrected chi connectivity index (χ4v) is 1.84. The summed E-state index contributed by atoms with van der Waals surface area (Å²) in [6.07, 6.45) is 5.07. The zero-order valence-corrected chi connectivity index (χ0v) is 8.82. The van der Waals surface area contributed by atoms with E-state index in [1.807, 2.05) is 11.8 Å². The monoisotopic (exact) mass is 189 g/mol. The molecule has 0 aromatic rings. The van der Waals surface area contributed by atoms with Gasteiger partial charge < -0.3 is 10.1 Å². The van der Waals surface area contributed by atoms with Gasteiger partial charge in [-0.05, 0) is 26.0 Å². The van der Waals surface area contributed by atoms with Gasteiger partial charge >= 0.3 is 0 Å². The molecule has 0 bridgehead atoms. The Kier molecular flexibility index (Phi) is 5.04. The Morgan fingerprint density at radius 2 is 2.50 bits per heavy atom. The summed E-state index contributed by atoms with van der Waals surface area (Å²) >= 11 is 1.88. The van der Waals surface area contributed by atoms with Crippen LogP contribution < -0.4 is 5.32 Å². The fourth-order valence-electron chi connectivity index (χ4n) is 1.52. The maximum absolute atomic E-state index is 5.58. The summed E-state index contributed by atoms with van der Waals surface area (Å²) in [6.45, 7) is 4.28. The van der Waals surface area contributed by atoms with Crippen molar-refractivity contribution in [3.8, 4) is 0 Å². The molecule has 1 rings (SSSR count). The average molecular weight is 189 g/mol. The molecule has 1 N–H and O–H groups in total. The van der Waals surface area contributed by atoms with Gasteiger partial charge in [-0.25, -0.2) is 0 Å². The van der Waals surface area contributed by atoms with E-state index in [9.17, 15) is 0 Å². The van der Waals surface area contributed by atoms with Crippen LogP contribution >= 0.6 is 11.8 Å². The lowest BCUT2D eigenvalue weighted by Crippen LogP contribution is -2.38. The van der Waals surface area contributed by atoms with Gasteiger partial charge in [-0.1, -0.05) is 0 Å². The topological polar surface area (TPSA) is 21.3 Å². The Hall–Kier alpha value is 0.270. The predicted octanol–water partition coefficient (Wildman–Crippen LogP) is 1.51. The predicted molar refractivity (Wildman–Crippen MR) is 54.8 cm³/mol. The van der Waals surface area contributed by atoms with Crippen LogP contribution in [0.3, 0.4) is 0 Å². The Morgan fingerprint density at radius 3 is 3.08 bits per heavy atom. The van der Waals surface area contributed by atoms with Crippen molar-refractivity contribution >= 4 is 11.8 Å². The Balaban J connectivity index is 2.05. The molecule has 1 heterocycles. The SMILES string of the molecule is CSCCNC(C)C1CCCO1. The van der Waals surface area contributed by atoms with Gasteiger partial charge in [0.1, 0.15) is 0 Å². The molecule has 1 aliphatic heterocycles. The van der Waals surface area contributed by atoms with E-state index in [-0.39, 0.29) is 0 Å². The summed E-state index contributed by atoms with van der Waals surface area (Å²) in [6, 6.07) is 0.527. The van der Waals surface area contributed by atoms with Crippen molar-refractivity contribution in [1.29, 1.82) is 0 Å². The molecule has 1 saturated heterocycles. The van der Waals surface area contributed by atoms with Gasteiger partial charge in [0, 0.05) is 24.9 Å². The van der Waals surface area contributed by atoms with Crippen LogP contribution in [0.4, 0.5) is 0 Å². The first-order chi connectivity index (χ1) is 5.84. The van der Waals surface area contributed by atoms with Gasteiger partial charge in [0.15, 0.2) is 0 Å². The normalized spacial score (nSPS) is 26.0. The molecule has 12 heavy (non-hydrogen) atoms. The summed E-state index contributed by atoms with van der Waals surface area (Å²) in [5, 5.41) is 3.48. The molecule has 2 atom stereocenters. The minimum atomic E-state index is 0.465. The van der Waals surface area contributed by atoms with Crippen LogP contribution in [-0.2, 0) is 4.74 Å². The van der Waals surface area contributed by atoms with Gasteiger partial charge in [-0.2, -0.15) is 11.8 Å². The van der Waals surface area contributed by atoms with E-state index in [1.165, 1.54) is 18.6 Å². The molecule has 1 aliphatic rings. The molecule has 0 saturated carbocycles. The van der Waals surface area contributed by atoms with Crippen molar-refractivity contribution in [1.82, 2.24) is 5.32 Å². The number of rotatable bonds is 5. The van der Waals surface area contributed by atoms with Crippen LogP contribution in [0.1, 0.15) is 19.8 Å². The fraction of sp³-hybridized carbons (Fsp3) is 1.00. The van der Waals surface area contributed by atoms with E-state index < -0.39 is 0 Å². The first kappa shape index (κ1) is 10.4. The quantitative estimate of drug-likeness (QED) is 0.662. The van der Waals surface area contributed by atoms with Crippen LogP contribution in [0.5, 0.6) is 0 Å². The van der Waals surface area contributed by atoms with Crippen LogP contribution in [0, 0.1) is 0 Å². The van der Waals surface area contributed by atoms with E-state index in [1.54, 1.807) is 0 Å². The maximum atomic E-state index is 5.58. The highest BCUT2D eigenvalue weighted by atomic mass is 32.2. The molecule has 0 spiro atoms. The van der Waals surface area contributed by atoms with E-state index in [2.05, 4.69) is 18.5 Å². The molecular formula is C9H19NOS. The molecule has 2 nitrogen and oxygen atoms in total. The van der Waals surface area contributed by atoms with Crippen LogP contribution in [0.15, 0.2) is 0 Å². The number of nitrogens with one attached hydrogen (secondary N) is 1. The largest absolute Gasteiger partial charge is 0.377 e. The number of hydrogen-bond donors (Lipinski definition) is 1. The third-order valence-corrected chi connectivity index (χ3v) is 2.91. The third kappa shape index (κ3) is 3.33. The summed E-state index contributed by atoms with van der Waals surface area (Å²) in [5.41, 5.74) is 0. The van der Waals surface area contributed by atoms with Crippen molar-refractivity contribution in [3.63, 3.8) is 0 Å². The van der Waals surface area contributed by atoms with Crippen molar-refractivity contribution in [3.05, 3.63) is 0 Å². The highest BCUT2D eigenvalue weighted by molar-refractivity contribution is 7.98. The van der Waals surface area contributed by atoms with Crippen LogP contribution in [-0.4, -0.2) is 37.3 Å². The molecular weight excluding hydrogens is 170 g/mol. The van der Waals surface area contributed by atoms with Crippen molar-refractivity contribution < 1.29 is 4.74 Å². The molecule has 3 heteroatoms. The molecule has 0 aliphatic carbocycles. The third-order valence-electron chi connectivity index (χ3n) is 2.30. The summed E-state index contributed by atoms with van der Waals surface area (Å²) in [4.78, 5) is 0. The summed E-state index contributed by atoms with van der Waals surface area (Å²) < 4.78 is 5.58. The highest BCUT2D eigenvalue weighted by Crippen LogP contribution is 2.15. The van der Waals surface area contributed by atoms with Crippen LogP contribution in [0.25, 0.3) is 0 Å². The Morgan fingerprint density at radius 1 is 1.67 bits per heavy atom. The van der Waals surface area contributed by atoms with E-state index in [0.29, 0.717) is 12.1 Å². The lowest BCUT2D eigenvalue weighted by atomic mass is 10.1. The minimum absolute atomic E-state index is 0.465. The molecule has 72 valence electrons. The van der Waals surface area contributed by atoms with Crippen LogP contribution in [0.2, 0.25) is 0 Å². The minimum Gasteiger partial charge on any atom is -0.377 e.